The molecule has 0 spiro atoms. The molecule has 4 nitrogen and oxygen atoms in total. The summed E-state index contributed by atoms with van der Waals surface area (Å²) in [5, 5.41) is 0. The van der Waals surface area contributed by atoms with E-state index in [0.29, 0.717) is 0 Å². The average Bonchev–Trinajstić information content (AvgIpc) is 2.61. The Labute approximate surface area is 164 Å². The van der Waals surface area contributed by atoms with Gasteiger partial charge in [-0.1, -0.05) is 13.8 Å². The van der Waals surface area contributed by atoms with Gasteiger partial charge in [-0.3, -0.25) is 4.79 Å². The Morgan fingerprint density at radius 3 is 1.52 bits per heavy atom. The highest BCUT2D eigenvalue weighted by Gasteiger charge is 2.90. The Morgan fingerprint density at radius 1 is 0.710 bits per heavy atom. The summed E-state index contributed by atoms with van der Waals surface area (Å²) < 4.78 is 175. The van der Waals surface area contributed by atoms with E-state index in [1.165, 1.54) is 13.8 Å². The molecule has 0 aliphatic rings. The fraction of sp³-hybridized carbons (Fsp3) is 0.857. The van der Waals surface area contributed by atoms with Crippen molar-refractivity contribution in [2.24, 2.45) is 5.92 Å². The summed E-state index contributed by atoms with van der Waals surface area (Å²) in [4.78, 5) is 22.3. The molecule has 0 aromatic carbocycles. The van der Waals surface area contributed by atoms with Crippen molar-refractivity contribution < 1.29 is 76.1 Å². The van der Waals surface area contributed by atoms with E-state index < -0.39 is 66.9 Å². The van der Waals surface area contributed by atoms with Crippen molar-refractivity contribution in [1.29, 1.82) is 0 Å². The van der Waals surface area contributed by atoms with Crippen LogP contribution in [0.1, 0.15) is 20.3 Å². The van der Waals surface area contributed by atoms with Crippen molar-refractivity contribution in [3.8, 4) is 0 Å². The molecule has 0 aromatic heterocycles. The minimum absolute atomic E-state index is 0.171. The van der Waals surface area contributed by atoms with Crippen LogP contribution in [0.3, 0.4) is 0 Å². The van der Waals surface area contributed by atoms with Crippen LogP contribution in [0.2, 0.25) is 0 Å². The van der Waals surface area contributed by atoms with E-state index in [0.717, 1.165) is 0 Å². The lowest BCUT2D eigenvalue weighted by molar-refractivity contribution is -0.441. The third kappa shape index (κ3) is 5.27. The Morgan fingerprint density at radius 2 is 1.13 bits per heavy atom. The van der Waals surface area contributed by atoms with Gasteiger partial charge in [0, 0.05) is 0 Å². The minimum atomic E-state index is -8.04. The molecule has 1 unspecified atom stereocenters. The van der Waals surface area contributed by atoms with Crippen LogP contribution in [0.5, 0.6) is 0 Å². The Bertz CT molecular complexity index is 657. The quantitative estimate of drug-likeness (QED) is 0.323. The SMILES string of the molecule is CCC(C)C(=O)OCC(=O)OCC(F)(F)C(F)(F)C(F)(F)C(F)(F)C(F)(F)C(F)(F)F. The topological polar surface area (TPSA) is 52.6 Å². The molecule has 1 atom stereocenters. The fourth-order valence-corrected chi connectivity index (χ4v) is 1.54. The van der Waals surface area contributed by atoms with E-state index in [1.807, 2.05) is 0 Å². The number of ether oxygens (including phenoxy) is 2. The van der Waals surface area contributed by atoms with Gasteiger partial charge in [0.1, 0.15) is 0 Å². The molecule has 0 amide bonds. The molecule has 0 aromatic rings. The number of halogens is 13. The second kappa shape index (κ2) is 8.88. The fourth-order valence-electron chi connectivity index (χ4n) is 1.54. The van der Waals surface area contributed by atoms with Gasteiger partial charge in [-0.2, -0.15) is 57.1 Å². The van der Waals surface area contributed by atoms with Crippen LogP contribution < -0.4 is 0 Å². The predicted molar refractivity (Wildman–Crippen MR) is 72.2 cm³/mol. The molecule has 0 heterocycles. The standard InChI is InChI=1S/C14H13F13O4/c1-3-6(2)8(29)30-4-7(28)31-5-9(15,16)10(17,18)11(19,20)12(21,22)13(23,24)14(25,26)27/h6H,3-5H2,1-2H3. The maximum Gasteiger partial charge on any atom is 0.460 e. The van der Waals surface area contributed by atoms with Gasteiger partial charge in [0.15, 0.2) is 13.2 Å². The first-order valence-corrected chi connectivity index (χ1v) is 7.79. The number of hydrogen-bond acceptors (Lipinski definition) is 4. The Kier molecular flexibility index (Phi) is 8.31. The smallest absolute Gasteiger partial charge is 0.456 e. The molecule has 0 fully saturated rings. The molecule has 0 saturated heterocycles. The maximum atomic E-state index is 13.4. The van der Waals surface area contributed by atoms with E-state index in [4.69, 9.17) is 0 Å². The van der Waals surface area contributed by atoms with Gasteiger partial charge in [-0.15, -0.1) is 0 Å². The van der Waals surface area contributed by atoms with Gasteiger partial charge in [-0.25, -0.2) is 4.79 Å². The van der Waals surface area contributed by atoms with E-state index in [2.05, 4.69) is 9.47 Å². The first-order chi connectivity index (χ1) is 13.5. The zero-order valence-corrected chi connectivity index (χ0v) is 15.2. The summed E-state index contributed by atoms with van der Waals surface area (Å²) in [6.07, 6.45) is -7.35. The van der Waals surface area contributed by atoms with Crippen LogP contribution in [0.15, 0.2) is 0 Å². The van der Waals surface area contributed by atoms with E-state index in [9.17, 15) is 66.7 Å². The maximum absolute atomic E-state index is 13.4. The lowest BCUT2D eigenvalue weighted by Gasteiger charge is -2.39. The van der Waals surface area contributed by atoms with Crippen LogP contribution in [0.4, 0.5) is 57.1 Å². The predicted octanol–water partition coefficient (Wildman–Crippen LogP) is 4.86. The summed E-state index contributed by atoms with van der Waals surface area (Å²) in [6.45, 7) is -1.90. The summed E-state index contributed by atoms with van der Waals surface area (Å²) in [7, 11) is 0. The van der Waals surface area contributed by atoms with Crippen LogP contribution in [-0.2, 0) is 19.1 Å². The zero-order chi connectivity index (χ0) is 25.3. The normalized spacial score (nSPS) is 15.5. The van der Waals surface area contributed by atoms with Crippen LogP contribution in [-0.4, -0.2) is 60.9 Å². The summed E-state index contributed by atoms with van der Waals surface area (Å²) in [6, 6.07) is 0. The van der Waals surface area contributed by atoms with Gasteiger partial charge in [0.05, 0.1) is 5.92 Å². The molecular weight excluding hydrogens is 479 g/mol. The largest absolute Gasteiger partial charge is 0.460 e. The molecule has 0 bridgehead atoms. The third-order valence-electron chi connectivity index (χ3n) is 3.76. The van der Waals surface area contributed by atoms with Gasteiger partial charge in [0.2, 0.25) is 0 Å². The molecule has 0 saturated carbocycles. The molecular formula is C14H13F13O4. The van der Waals surface area contributed by atoms with E-state index in [1.54, 1.807) is 0 Å². The van der Waals surface area contributed by atoms with E-state index in [-0.39, 0.29) is 6.42 Å². The van der Waals surface area contributed by atoms with Crippen molar-refractivity contribution in [3.63, 3.8) is 0 Å². The summed E-state index contributed by atoms with van der Waals surface area (Å²) >= 11 is 0. The second-order valence-corrected chi connectivity index (χ2v) is 6.08. The minimum Gasteiger partial charge on any atom is -0.456 e. The lowest BCUT2D eigenvalue weighted by Crippen LogP contribution is -2.70. The number of alkyl halides is 13. The van der Waals surface area contributed by atoms with Crippen molar-refractivity contribution in [2.45, 2.75) is 56.1 Å². The molecule has 31 heavy (non-hydrogen) atoms. The number of esters is 2. The first kappa shape index (κ1) is 29.0. The van der Waals surface area contributed by atoms with Crippen LogP contribution in [0, 0.1) is 5.92 Å². The van der Waals surface area contributed by atoms with Gasteiger partial charge >= 0.3 is 47.7 Å². The van der Waals surface area contributed by atoms with Gasteiger partial charge in [-0.05, 0) is 6.42 Å². The number of carbonyl (C=O) groups is 2. The molecule has 0 radical (unpaired) electrons. The Balaban J connectivity index is 5.55. The molecule has 0 aliphatic heterocycles. The number of rotatable bonds is 10. The monoisotopic (exact) mass is 492 g/mol. The van der Waals surface area contributed by atoms with Crippen LogP contribution in [0.25, 0.3) is 0 Å². The molecule has 0 aliphatic carbocycles. The first-order valence-electron chi connectivity index (χ1n) is 7.79. The highest BCUT2D eigenvalue weighted by Crippen LogP contribution is 2.60. The van der Waals surface area contributed by atoms with Crippen LogP contribution >= 0.6 is 0 Å². The molecule has 0 rings (SSSR count). The lowest BCUT2D eigenvalue weighted by atomic mass is 9.94. The molecule has 0 N–H and O–H groups in total. The van der Waals surface area contributed by atoms with Gasteiger partial charge < -0.3 is 9.47 Å². The molecule has 17 heteroatoms. The van der Waals surface area contributed by atoms with Gasteiger partial charge in [0.25, 0.3) is 0 Å². The summed E-state index contributed by atoms with van der Waals surface area (Å²) in [5.41, 5.74) is 0. The average molecular weight is 492 g/mol. The second-order valence-electron chi connectivity index (χ2n) is 6.08. The van der Waals surface area contributed by atoms with Crippen molar-refractivity contribution in [3.05, 3.63) is 0 Å². The van der Waals surface area contributed by atoms with E-state index >= 15 is 0 Å². The zero-order valence-electron chi connectivity index (χ0n) is 15.2. The summed E-state index contributed by atoms with van der Waals surface area (Å²) in [5.74, 6) is -42.0. The molecule has 184 valence electrons. The highest BCUT2D eigenvalue weighted by atomic mass is 19.4. The van der Waals surface area contributed by atoms with Crippen molar-refractivity contribution in [2.75, 3.05) is 13.2 Å². The number of hydrogen-bond donors (Lipinski definition) is 0. The number of carbonyl (C=O) groups excluding carboxylic acids is 2. The Hall–Kier alpha value is -1.97. The third-order valence-corrected chi connectivity index (χ3v) is 3.76. The van der Waals surface area contributed by atoms with Crippen molar-refractivity contribution in [1.82, 2.24) is 0 Å². The van der Waals surface area contributed by atoms with Crippen molar-refractivity contribution >= 4 is 11.9 Å². The highest BCUT2D eigenvalue weighted by molar-refractivity contribution is 5.77.